The van der Waals surface area contributed by atoms with Crippen molar-refractivity contribution in [3.63, 3.8) is 0 Å². The number of fused-ring (bicyclic) bond motifs is 2. The van der Waals surface area contributed by atoms with Crippen LogP contribution in [0.2, 0.25) is 0 Å². The number of anilines is 3. The molecular formula is C37H32F2N10O3. The molecule has 8 rings (SSSR count). The Morgan fingerprint density at radius 3 is 2.42 bits per heavy atom. The van der Waals surface area contributed by atoms with Gasteiger partial charge in [-0.25, -0.2) is 32.9 Å². The molecule has 0 spiro atoms. The van der Waals surface area contributed by atoms with E-state index in [0.717, 1.165) is 24.5 Å². The van der Waals surface area contributed by atoms with Gasteiger partial charge in [0.05, 0.1) is 17.4 Å². The second kappa shape index (κ2) is 13.3. The zero-order valence-electron chi connectivity index (χ0n) is 28.0. The second-order valence-electron chi connectivity index (χ2n) is 12.6. The number of pyridine rings is 1. The van der Waals surface area contributed by atoms with Crippen molar-refractivity contribution in [2.75, 3.05) is 36.4 Å². The topological polar surface area (TPSA) is 139 Å². The summed E-state index contributed by atoms with van der Waals surface area (Å²) in [6.45, 7) is 3.30. The summed E-state index contributed by atoms with van der Waals surface area (Å²) in [5, 5.41) is 3.42. The first-order valence-electron chi connectivity index (χ1n) is 16.6. The van der Waals surface area contributed by atoms with Crippen LogP contribution in [0.1, 0.15) is 11.1 Å². The van der Waals surface area contributed by atoms with Gasteiger partial charge in [-0.1, -0.05) is 18.2 Å². The summed E-state index contributed by atoms with van der Waals surface area (Å²) in [6.07, 6.45) is 3.17. The van der Waals surface area contributed by atoms with E-state index in [9.17, 15) is 23.2 Å². The number of nitrogens with one attached hydrogen (secondary N) is 2. The van der Waals surface area contributed by atoms with E-state index in [0.29, 0.717) is 53.6 Å². The molecule has 0 aliphatic carbocycles. The van der Waals surface area contributed by atoms with E-state index < -0.39 is 17.1 Å². The fraction of sp³-hybridized carbons (Fsp3) is 0.189. The lowest BCUT2D eigenvalue weighted by Gasteiger charge is -2.36. The van der Waals surface area contributed by atoms with Crippen molar-refractivity contribution in [3.8, 4) is 5.82 Å². The lowest BCUT2D eigenvalue weighted by atomic mass is 10.1. The molecule has 0 amide bonds. The van der Waals surface area contributed by atoms with Gasteiger partial charge in [0.2, 0.25) is 5.95 Å². The molecule has 1 fully saturated rings. The van der Waals surface area contributed by atoms with Crippen LogP contribution in [-0.2, 0) is 20.1 Å². The first-order valence-corrected chi connectivity index (χ1v) is 16.6. The monoisotopic (exact) mass is 702 g/mol. The number of halogens is 2. The highest BCUT2D eigenvalue weighted by atomic mass is 19.1. The summed E-state index contributed by atoms with van der Waals surface area (Å²) in [5.74, 6) is -0.161. The summed E-state index contributed by atoms with van der Waals surface area (Å²) >= 11 is 0. The van der Waals surface area contributed by atoms with Crippen molar-refractivity contribution < 1.29 is 8.78 Å². The highest BCUT2D eigenvalue weighted by Gasteiger charge is 2.20. The van der Waals surface area contributed by atoms with Gasteiger partial charge in [0, 0.05) is 69.1 Å². The van der Waals surface area contributed by atoms with E-state index in [1.54, 1.807) is 42.2 Å². The van der Waals surface area contributed by atoms with Gasteiger partial charge in [-0.15, -0.1) is 0 Å². The molecule has 2 N–H and O–H groups in total. The van der Waals surface area contributed by atoms with Crippen LogP contribution in [0.25, 0.3) is 27.8 Å². The number of piperazine rings is 1. The molecule has 0 bridgehead atoms. The Balaban J connectivity index is 0.919. The minimum absolute atomic E-state index is 0.0424. The summed E-state index contributed by atoms with van der Waals surface area (Å²) in [6, 6.07) is 22.2. The fourth-order valence-electron chi connectivity index (χ4n) is 6.67. The SMILES string of the molecule is Cn1c(=O)c2cnc(Nc3ccc(N4CCN(Cc5cc(Cn6c(=O)[nH]c(=O)c7c(F)cccc76)ccc5F)CC4)cc3)nc2n1-c1ccccn1. The molecule has 262 valence electrons. The highest BCUT2D eigenvalue weighted by molar-refractivity contribution is 5.79. The molecule has 3 aromatic carbocycles. The van der Waals surface area contributed by atoms with Crippen molar-refractivity contribution in [1.82, 2.24) is 38.8 Å². The van der Waals surface area contributed by atoms with Crippen molar-refractivity contribution in [3.05, 3.63) is 145 Å². The number of aromatic nitrogens is 7. The molecule has 0 unspecified atom stereocenters. The number of H-pyrrole nitrogens is 1. The molecule has 15 heteroatoms. The van der Waals surface area contributed by atoms with Crippen LogP contribution in [0.15, 0.2) is 106 Å². The van der Waals surface area contributed by atoms with E-state index >= 15 is 0 Å². The maximum absolute atomic E-state index is 15.0. The third kappa shape index (κ3) is 6.11. The Hall–Kier alpha value is -6.48. The van der Waals surface area contributed by atoms with E-state index in [1.807, 2.05) is 30.3 Å². The standard InChI is InChI=1S/C37H32F2N10O3/c1-45-35(51)27-20-41-36(43-33(27)49(45)31-7-2-3-14-40-31)42-25-9-11-26(12-10-25)47-17-15-46(16-18-47)22-24-19-23(8-13-28(24)38)21-48-30-6-4-5-29(39)32(30)34(50)44-37(48)52/h2-14,19-20H,15-18,21-22H2,1H3,(H,41,42,43)(H,44,50,52). The van der Waals surface area contributed by atoms with Crippen LogP contribution in [0.4, 0.5) is 26.1 Å². The van der Waals surface area contributed by atoms with Gasteiger partial charge >= 0.3 is 5.69 Å². The average Bonchev–Trinajstić information content (AvgIpc) is 3.40. The smallest absolute Gasteiger partial charge is 0.329 e. The van der Waals surface area contributed by atoms with Crippen LogP contribution >= 0.6 is 0 Å². The molecule has 7 aromatic rings. The zero-order chi connectivity index (χ0) is 35.9. The van der Waals surface area contributed by atoms with Crippen LogP contribution in [-0.4, -0.2) is 64.9 Å². The highest BCUT2D eigenvalue weighted by Crippen LogP contribution is 2.24. The largest absolute Gasteiger partial charge is 0.369 e. The lowest BCUT2D eigenvalue weighted by molar-refractivity contribution is 0.246. The van der Waals surface area contributed by atoms with E-state index in [2.05, 4.69) is 35.1 Å². The number of rotatable bonds is 8. The minimum Gasteiger partial charge on any atom is -0.369 e. The first kappa shape index (κ1) is 32.7. The summed E-state index contributed by atoms with van der Waals surface area (Å²) in [4.78, 5) is 57.7. The molecule has 1 saturated heterocycles. The molecule has 52 heavy (non-hydrogen) atoms. The minimum atomic E-state index is -0.785. The van der Waals surface area contributed by atoms with Crippen molar-refractivity contribution in [2.45, 2.75) is 13.1 Å². The van der Waals surface area contributed by atoms with Gasteiger partial charge in [0.15, 0.2) is 11.5 Å². The van der Waals surface area contributed by atoms with Gasteiger partial charge in [-0.2, -0.15) is 4.98 Å². The van der Waals surface area contributed by atoms with Crippen LogP contribution in [0, 0.1) is 11.6 Å². The average molecular weight is 703 g/mol. The van der Waals surface area contributed by atoms with Gasteiger partial charge in [0.1, 0.15) is 17.0 Å². The van der Waals surface area contributed by atoms with Crippen molar-refractivity contribution in [1.29, 1.82) is 0 Å². The number of aromatic amines is 1. The zero-order valence-corrected chi connectivity index (χ0v) is 28.0. The quantitative estimate of drug-likeness (QED) is 0.242. The van der Waals surface area contributed by atoms with E-state index in [4.69, 9.17) is 0 Å². The maximum atomic E-state index is 15.0. The molecule has 1 aliphatic rings. The Bertz CT molecular complexity index is 2630. The van der Waals surface area contributed by atoms with Crippen LogP contribution in [0.5, 0.6) is 0 Å². The van der Waals surface area contributed by atoms with E-state index in [1.165, 1.54) is 39.7 Å². The normalized spacial score (nSPS) is 13.6. The fourth-order valence-corrected chi connectivity index (χ4v) is 6.67. The predicted octanol–water partition coefficient (Wildman–Crippen LogP) is 3.91. The number of nitrogens with zero attached hydrogens (tertiary/aromatic N) is 8. The first-order chi connectivity index (χ1) is 25.2. The number of hydrogen-bond donors (Lipinski definition) is 2. The van der Waals surface area contributed by atoms with Gasteiger partial charge in [0.25, 0.3) is 11.1 Å². The van der Waals surface area contributed by atoms with Gasteiger partial charge in [-0.05, 0) is 66.2 Å². The summed E-state index contributed by atoms with van der Waals surface area (Å²) < 4.78 is 33.8. The van der Waals surface area contributed by atoms with Crippen LogP contribution in [0.3, 0.4) is 0 Å². The second-order valence-corrected chi connectivity index (χ2v) is 12.6. The molecular weight excluding hydrogens is 670 g/mol. The number of hydrogen-bond acceptors (Lipinski definition) is 9. The van der Waals surface area contributed by atoms with Gasteiger partial charge < -0.3 is 10.2 Å². The third-order valence-electron chi connectivity index (χ3n) is 9.34. The van der Waals surface area contributed by atoms with Crippen molar-refractivity contribution >= 4 is 39.3 Å². The molecule has 0 saturated carbocycles. The Kier molecular flexibility index (Phi) is 8.39. The van der Waals surface area contributed by atoms with Gasteiger partial charge in [-0.3, -0.25) is 24.0 Å². The maximum Gasteiger partial charge on any atom is 0.329 e. The Morgan fingerprint density at radius 1 is 0.846 bits per heavy atom. The Morgan fingerprint density at radius 2 is 1.65 bits per heavy atom. The molecule has 4 aromatic heterocycles. The molecule has 13 nitrogen and oxygen atoms in total. The molecule has 1 aliphatic heterocycles. The third-order valence-corrected chi connectivity index (χ3v) is 9.34. The number of benzene rings is 3. The lowest BCUT2D eigenvalue weighted by Crippen LogP contribution is -2.46. The summed E-state index contributed by atoms with van der Waals surface area (Å²) in [5.41, 5.74) is 1.91. The Labute approximate surface area is 294 Å². The molecule has 0 atom stereocenters. The molecule has 0 radical (unpaired) electrons. The van der Waals surface area contributed by atoms with Crippen molar-refractivity contribution in [2.24, 2.45) is 7.05 Å². The summed E-state index contributed by atoms with van der Waals surface area (Å²) in [7, 11) is 1.66. The van der Waals surface area contributed by atoms with Crippen LogP contribution < -0.4 is 27.0 Å². The predicted molar refractivity (Wildman–Crippen MR) is 193 cm³/mol. The molecule has 5 heterocycles. The van der Waals surface area contributed by atoms with E-state index in [-0.39, 0.29) is 28.8 Å².